The minimum absolute atomic E-state index is 0.410. The molecular formula is C9H7BrO3. The number of hydrogen-bond donors (Lipinski definition) is 0. The lowest BCUT2D eigenvalue weighted by Gasteiger charge is -2.01. The Kier molecular flexibility index (Phi) is 3.19. The fourth-order valence-electron chi connectivity index (χ4n) is 0.880. The van der Waals surface area contributed by atoms with Gasteiger partial charge in [-0.1, -0.05) is 6.07 Å². The first kappa shape index (κ1) is 9.92. The number of carbonyl (C=O) groups is 2. The molecule has 0 amide bonds. The molecule has 3 nitrogen and oxygen atoms in total. The van der Waals surface area contributed by atoms with Gasteiger partial charge >= 0.3 is 5.97 Å². The van der Waals surface area contributed by atoms with Crippen molar-refractivity contribution in [1.29, 1.82) is 0 Å². The van der Waals surface area contributed by atoms with E-state index in [0.717, 1.165) is 0 Å². The van der Waals surface area contributed by atoms with Gasteiger partial charge in [0.2, 0.25) is 0 Å². The van der Waals surface area contributed by atoms with Crippen LogP contribution in [0.3, 0.4) is 0 Å². The second-order valence-electron chi connectivity index (χ2n) is 2.35. The van der Waals surface area contributed by atoms with Crippen molar-refractivity contribution in [3.8, 4) is 0 Å². The van der Waals surface area contributed by atoms with E-state index in [1.165, 1.54) is 7.11 Å². The van der Waals surface area contributed by atoms with Crippen molar-refractivity contribution in [3.05, 3.63) is 33.8 Å². The molecule has 68 valence electrons. The summed E-state index contributed by atoms with van der Waals surface area (Å²) in [6, 6.07) is 4.67. The molecule has 0 aliphatic heterocycles. The lowest BCUT2D eigenvalue weighted by Crippen LogP contribution is -2.02. The van der Waals surface area contributed by atoms with Gasteiger partial charge in [0, 0.05) is 10.0 Å². The summed E-state index contributed by atoms with van der Waals surface area (Å²) in [5, 5.41) is 0. The van der Waals surface area contributed by atoms with Crippen LogP contribution in [0, 0.1) is 0 Å². The molecule has 0 atom stereocenters. The van der Waals surface area contributed by atoms with Gasteiger partial charge < -0.3 is 4.74 Å². The number of esters is 1. The van der Waals surface area contributed by atoms with Gasteiger partial charge in [-0.25, -0.2) is 4.79 Å². The number of methoxy groups -OCH3 is 1. The predicted octanol–water partition coefficient (Wildman–Crippen LogP) is 2.05. The van der Waals surface area contributed by atoms with Crippen LogP contribution in [0.1, 0.15) is 20.7 Å². The maximum absolute atomic E-state index is 11.1. The molecule has 0 bridgehead atoms. The largest absolute Gasteiger partial charge is 0.465 e. The Balaban J connectivity index is 3.12. The highest BCUT2D eigenvalue weighted by molar-refractivity contribution is 9.10. The van der Waals surface area contributed by atoms with Crippen LogP contribution in [0.15, 0.2) is 22.7 Å². The Morgan fingerprint density at radius 3 is 2.69 bits per heavy atom. The summed E-state index contributed by atoms with van der Waals surface area (Å²) in [6.07, 6.45) is 0.714. The van der Waals surface area contributed by atoms with Crippen LogP contribution in [-0.2, 0) is 4.74 Å². The van der Waals surface area contributed by atoms with Gasteiger partial charge in [0.1, 0.15) is 6.29 Å². The molecule has 0 unspecified atom stereocenters. The van der Waals surface area contributed by atoms with Crippen LogP contribution >= 0.6 is 15.9 Å². The first-order valence-electron chi connectivity index (χ1n) is 3.52. The van der Waals surface area contributed by atoms with Crippen LogP contribution in [-0.4, -0.2) is 19.4 Å². The zero-order valence-corrected chi connectivity index (χ0v) is 8.50. The predicted molar refractivity (Wildman–Crippen MR) is 50.9 cm³/mol. The van der Waals surface area contributed by atoms with Crippen LogP contribution in [0.2, 0.25) is 0 Å². The molecule has 0 spiro atoms. The third kappa shape index (κ3) is 2.15. The van der Waals surface area contributed by atoms with Crippen molar-refractivity contribution in [1.82, 2.24) is 0 Å². The van der Waals surface area contributed by atoms with Gasteiger partial charge in [-0.15, -0.1) is 0 Å². The summed E-state index contributed by atoms with van der Waals surface area (Å²) in [5.41, 5.74) is 0.924. The van der Waals surface area contributed by atoms with Crippen LogP contribution < -0.4 is 0 Å². The molecule has 0 N–H and O–H groups in total. The molecule has 0 heterocycles. The van der Waals surface area contributed by atoms with Crippen LogP contribution in [0.25, 0.3) is 0 Å². The molecule has 1 rings (SSSR count). The van der Waals surface area contributed by atoms with E-state index in [1.54, 1.807) is 18.2 Å². The standard InChI is InChI=1S/C9H7BrO3/c1-13-9(12)7-3-2-6(5-11)4-8(7)10/h2-5H,1H3. The average Bonchev–Trinajstić information content (AvgIpc) is 2.16. The second-order valence-corrected chi connectivity index (χ2v) is 3.20. The number of benzene rings is 1. The molecule has 0 aliphatic rings. The van der Waals surface area contributed by atoms with Crippen molar-refractivity contribution < 1.29 is 14.3 Å². The van der Waals surface area contributed by atoms with E-state index in [2.05, 4.69) is 20.7 Å². The summed E-state index contributed by atoms with van der Waals surface area (Å²) >= 11 is 3.17. The Morgan fingerprint density at radius 2 is 2.23 bits per heavy atom. The SMILES string of the molecule is COC(=O)c1ccc(C=O)cc1Br. The van der Waals surface area contributed by atoms with Crippen molar-refractivity contribution in [2.75, 3.05) is 7.11 Å². The third-order valence-electron chi connectivity index (χ3n) is 1.53. The quantitative estimate of drug-likeness (QED) is 0.589. The minimum Gasteiger partial charge on any atom is -0.465 e. The minimum atomic E-state index is -0.427. The molecule has 0 radical (unpaired) electrons. The number of rotatable bonds is 2. The maximum atomic E-state index is 11.1. The smallest absolute Gasteiger partial charge is 0.339 e. The molecule has 4 heteroatoms. The van der Waals surface area contributed by atoms with E-state index >= 15 is 0 Å². The number of aldehydes is 1. The van der Waals surface area contributed by atoms with Crippen LogP contribution in [0.4, 0.5) is 0 Å². The van der Waals surface area contributed by atoms with Gasteiger partial charge in [0.25, 0.3) is 0 Å². The molecular weight excluding hydrogens is 236 g/mol. The average molecular weight is 243 g/mol. The summed E-state index contributed by atoms with van der Waals surface area (Å²) in [6.45, 7) is 0. The molecule has 1 aromatic carbocycles. The van der Waals surface area contributed by atoms with E-state index < -0.39 is 5.97 Å². The van der Waals surface area contributed by atoms with Gasteiger partial charge in [0.05, 0.1) is 12.7 Å². The molecule has 0 aliphatic carbocycles. The fourth-order valence-corrected chi connectivity index (χ4v) is 1.44. The number of ether oxygens (including phenoxy) is 1. The van der Waals surface area contributed by atoms with Gasteiger partial charge in [0.15, 0.2) is 0 Å². The summed E-state index contributed by atoms with van der Waals surface area (Å²) in [4.78, 5) is 21.5. The first-order valence-corrected chi connectivity index (χ1v) is 4.31. The Bertz CT molecular complexity index is 347. The lowest BCUT2D eigenvalue weighted by molar-refractivity contribution is 0.0599. The monoisotopic (exact) mass is 242 g/mol. The molecule has 0 saturated heterocycles. The fraction of sp³-hybridized carbons (Fsp3) is 0.111. The van der Waals surface area contributed by atoms with Crippen molar-refractivity contribution in [3.63, 3.8) is 0 Å². The number of hydrogen-bond acceptors (Lipinski definition) is 3. The zero-order chi connectivity index (χ0) is 9.84. The van der Waals surface area contributed by atoms with Gasteiger partial charge in [-0.2, -0.15) is 0 Å². The van der Waals surface area contributed by atoms with Crippen LogP contribution in [0.5, 0.6) is 0 Å². The highest BCUT2D eigenvalue weighted by Gasteiger charge is 2.09. The second kappa shape index (κ2) is 4.18. The van der Waals surface area contributed by atoms with Crippen molar-refractivity contribution in [2.45, 2.75) is 0 Å². The van der Waals surface area contributed by atoms with Gasteiger partial charge in [-0.05, 0) is 28.1 Å². The molecule has 1 aromatic rings. The lowest BCUT2D eigenvalue weighted by atomic mass is 10.1. The molecule has 0 fully saturated rings. The van der Waals surface area contributed by atoms with E-state index in [-0.39, 0.29) is 0 Å². The van der Waals surface area contributed by atoms with Crippen molar-refractivity contribution >= 4 is 28.2 Å². The normalized spacial score (nSPS) is 9.38. The summed E-state index contributed by atoms with van der Waals surface area (Å²) in [7, 11) is 1.31. The Hall–Kier alpha value is -1.16. The highest BCUT2D eigenvalue weighted by Crippen LogP contribution is 2.18. The van der Waals surface area contributed by atoms with E-state index in [4.69, 9.17) is 0 Å². The number of halogens is 1. The Labute approximate surface area is 83.8 Å². The number of carbonyl (C=O) groups excluding carboxylic acids is 2. The summed E-state index contributed by atoms with van der Waals surface area (Å²) < 4.78 is 5.09. The van der Waals surface area contributed by atoms with E-state index in [0.29, 0.717) is 21.9 Å². The summed E-state index contributed by atoms with van der Waals surface area (Å²) in [5.74, 6) is -0.427. The van der Waals surface area contributed by atoms with Gasteiger partial charge in [-0.3, -0.25) is 4.79 Å². The maximum Gasteiger partial charge on any atom is 0.339 e. The molecule has 0 saturated carbocycles. The topological polar surface area (TPSA) is 43.4 Å². The molecule has 0 aromatic heterocycles. The van der Waals surface area contributed by atoms with Crippen molar-refractivity contribution in [2.24, 2.45) is 0 Å². The van der Waals surface area contributed by atoms with E-state index in [9.17, 15) is 9.59 Å². The van der Waals surface area contributed by atoms with E-state index in [1.807, 2.05) is 0 Å². The third-order valence-corrected chi connectivity index (χ3v) is 2.19. The zero-order valence-electron chi connectivity index (χ0n) is 6.91. The molecule has 13 heavy (non-hydrogen) atoms. The highest BCUT2D eigenvalue weighted by atomic mass is 79.9. The Morgan fingerprint density at radius 1 is 1.54 bits per heavy atom. The first-order chi connectivity index (χ1) is 6.19.